The van der Waals surface area contributed by atoms with Crippen molar-refractivity contribution < 1.29 is 0 Å². The van der Waals surface area contributed by atoms with E-state index in [1.54, 1.807) is 11.3 Å². The zero-order chi connectivity index (χ0) is 10.6. The Labute approximate surface area is 89.8 Å². The maximum atomic E-state index is 4.47. The first-order valence-electron chi connectivity index (χ1n) is 4.63. The van der Waals surface area contributed by atoms with Crippen molar-refractivity contribution in [3.8, 4) is 11.8 Å². The number of hydrogen-bond donors (Lipinski definition) is 1. The van der Waals surface area contributed by atoms with E-state index in [0.29, 0.717) is 6.54 Å². The van der Waals surface area contributed by atoms with Gasteiger partial charge in [-0.3, -0.25) is 5.32 Å². The van der Waals surface area contributed by atoms with Crippen LogP contribution in [-0.4, -0.2) is 11.5 Å². The molecule has 1 heterocycles. The van der Waals surface area contributed by atoms with Gasteiger partial charge in [0.15, 0.2) is 0 Å². The molecule has 0 radical (unpaired) electrons. The highest BCUT2D eigenvalue weighted by Crippen LogP contribution is 2.23. The van der Waals surface area contributed by atoms with Crippen LogP contribution in [0.5, 0.6) is 0 Å². The molecule has 3 heteroatoms. The summed E-state index contributed by atoms with van der Waals surface area (Å²) in [6.07, 6.45) is 0. The van der Waals surface area contributed by atoms with E-state index in [1.807, 2.05) is 13.8 Å². The van der Waals surface area contributed by atoms with Crippen molar-refractivity contribution in [3.63, 3.8) is 0 Å². The van der Waals surface area contributed by atoms with Crippen LogP contribution in [0, 0.1) is 18.8 Å². The van der Waals surface area contributed by atoms with Crippen LogP contribution in [-0.2, 0) is 5.54 Å². The van der Waals surface area contributed by atoms with Gasteiger partial charge in [-0.15, -0.1) is 17.3 Å². The molecule has 0 aliphatic heterocycles. The van der Waals surface area contributed by atoms with Gasteiger partial charge in [-0.05, 0) is 27.7 Å². The largest absolute Gasteiger partial charge is 0.295 e. The van der Waals surface area contributed by atoms with Gasteiger partial charge < -0.3 is 0 Å². The van der Waals surface area contributed by atoms with Crippen LogP contribution in [0.3, 0.4) is 0 Å². The van der Waals surface area contributed by atoms with Crippen molar-refractivity contribution >= 4 is 11.3 Å². The summed E-state index contributed by atoms with van der Waals surface area (Å²) in [7, 11) is 0. The van der Waals surface area contributed by atoms with E-state index in [-0.39, 0.29) is 5.54 Å². The number of aromatic nitrogens is 1. The van der Waals surface area contributed by atoms with Crippen LogP contribution in [0.25, 0.3) is 0 Å². The van der Waals surface area contributed by atoms with Crippen molar-refractivity contribution in [2.24, 2.45) is 0 Å². The molecule has 0 bridgehead atoms. The second kappa shape index (κ2) is 4.59. The summed E-state index contributed by atoms with van der Waals surface area (Å²) in [6, 6.07) is 0. The highest BCUT2D eigenvalue weighted by Gasteiger charge is 2.22. The first kappa shape index (κ1) is 11.2. The van der Waals surface area contributed by atoms with E-state index < -0.39 is 0 Å². The van der Waals surface area contributed by atoms with Crippen LogP contribution in [0.15, 0.2) is 5.38 Å². The average Bonchev–Trinajstić information content (AvgIpc) is 2.53. The zero-order valence-electron chi connectivity index (χ0n) is 9.14. The zero-order valence-corrected chi connectivity index (χ0v) is 9.96. The number of nitrogens with zero attached hydrogens (tertiary/aromatic N) is 1. The molecule has 1 rings (SSSR count). The Morgan fingerprint density at radius 2 is 2.29 bits per heavy atom. The molecule has 0 spiro atoms. The van der Waals surface area contributed by atoms with Crippen molar-refractivity contribution in [1.82, 2.24) is 10.3 Å². The van der Waals surface area contributed by atoms with Crippen LogP contribution >= 0.6 is 11.3 Å². The van der Waals surface area contributed by atoms with E-state index in [1.165, 1.54) is 0 Å². The normalized spacial score (nSPS) is 10.9. The minimum Gasteiger partial charge on any atom is -0.295 e. The first-order valence-corrected chi connectivity index (χ1v) is 5.51. The monoisotopic (exact) mass is 208 g/mol. The molecule has 0 amide bonds. The van der Waals surface area contributed by atoms with Crippen molar-refractivity contribution in [1.29, 1.82) is 0 Å². The van der Waals surface area contributed by atoms with Gasteiger partial charge in [0.05, 0.1) is 12.1 Å². The lowest BCUT2D eigenvalue weighted by molar-refractivity contribution is 0.425. The lowest BCUT2D eigenvalue weighted by Crippen LogP contribution is -2.36. The quantitative estimate of drug-likeness (QED) is 0.771. The predicted octanol–water partition coefficient (Wildman–Crippen LogP) is 2.30. The minimum atomic E-state index is -0.0806. The van der Waals surface area contributed by atoms with Gasteiger partial charge in [-0.2, -0.15) is 0 Å². The smallest absolute Gasteiger partial charge is 0.112 e. The molecule has 0 aliphatic rings. The Hall–Kier alpha value is -0.850. The minimum absolute atomic E-state index is 0.0806. The molecule has 0 aromatic carbocycles. The summed E-state index contributed by atoms with van der Waals surface area (Å²) in [5.74, 6) is 5.86. The predicted molar refractivity (Wildman–Crippen MR) is 61.3 cm³/mol. The summed E-state index contributed by atoms with van der Waals surface area (Å²) in [6.45, 7) is 8.83. The molecule has 0 aliphatic carbocycles. The summed E-state index contributed by atoms with van der Waals surface area (Å²) in [5.41, 5.74) is 1.00. The summed E-state index contributed by atoms with van der Waals surface area (Å²) < 4.78 is 0. The standard InChI is InChI=1S/C11H16N2S/c1-5-6-7-12-11(3,4)10-13-9(2)8-14-10/h8,12H,7H2,1-4H3. The molecule has 2 nitrogen and oxygen atoms in total. The van der Waals surface area contributed by atoms with Gasteiger partial charge in [0.2, 0.25) is 0 Å². The first-order chi connectivity index (χ1) is 6.56. The second-order valence-electron chi connectivity index (χ2n) is 3.70. The summed E-state index contributed by atoms with van der Waals surface area (Å²) in [4.78, 5) is 4.47. The van der Waals surface area contributed by atoms with Crippen molar-refractivity contribution in [2.75, 3.05) is 6.54 Å². The summed E-state index contributed by atoms with van der Waals surface area (Å²) >= 11 is 1.69. The lowest BCUT2D eigenvalue weighted by Gasteiger charge is -2.22. The van der Waals surface area contributed by atoms with Crippen LogP contribution in [0.1, 0.15) is 31.5 Å². The van der Waals surface area contributed by atoms with Gasteiger partial charge in [0.25, 0.3) is 0 Å². The fraction of sp³-hybridized carbons (Fsp3) is 0.545. The number of nitrogens with one attached hydrogen (secondary N) is 1. The Balaban J connectivity index is 2.68. The van der Waals surface area contributed by atoms with Gasteiger partial charge in [-0.1, -0.05) is 5.92 Å². The number of rotatable bonds is 3. The lowest BCUT2D eigenvalue weighted by atomic mass is 10.1. The molecule has 0 atom stereocenters. The molecule has 0 saturated carbocycles. The van der Waals surface area contributed by atoms with E-state index in [2.05, 4.69) is 41.4 Å². The molecule has 1 N–H and O–H groups in total. The molecule has 1 aromatic heterocycles. The fourth-order valence-electron chi connectivity index (χ4n) is 1.07. The van der Waals surface area contributed by atoms with Gasteiger partial charge in [-0.25, -0.2) is 4.98 Å². The molecule has 0 unspecified atom stereocenters. The fourth-order valence-corrected chi connectivity index (χ4v) is 1.97. The topological polar surface area (TPSA) is 24.9 Å². The highest BCUT2D eigenvalue weighted by atomic mass is 32.1. The van der Waals surface area contributed by atoms with Crippen LogP contribution in [0.4, 0.5) is 0 Å². The highest BCUT2D eigenvalue weighted by molar-refractivity contribution is 7.09. The second-order valence-corrected chi connectivity index (χ2v) is 4.56. The van der Waals surface area contributed by atoms with Crippen LogP contribution < -0.4 is 5.32 Å². The van der Waals surface area contributed by atoms with E-state index >= 15 is 0 Å². The molecule has 0 fully saturated rings. The van der Waals surface area contributed by atoms with E-state index in [9.17, 15) is 0 Å². The Bertz CT molecular complexity index is 355. The van der Waals surface area contributed by atoms with Gasteiger partial charge in [0.1, 0.15) is 5.01 Å². The third kappa shape index (κ3) is 2.83. The molecule has 14 heavy (non-hydrogen) atoms. The summed E-state index contributed by atoms with van der Waals surface area (Å²) in [5, 5.41) is 6.56. The Kier molecular flexibility index (Phi) is 3.68. The third-order valence-electron chi connectivity index (χ3n) is 1.95. The molecule has 1 aromatic rings. The van der Waals surface area contributed by atoms with Crippen molar-refractivity contribution in [3.05, 3.63) is 16.1 Å². The third-order valence-corrected chi connectivity index (χ3v) is 3.23. The average molecular weight is 208 g/mol. The van der Waals surface area contributed by atoms with Crippen molar-refractivity contribution in [2.45, 2.75) is 33.2 Å². The maximum absolute atomic E-state index is 4.47. The van der Waals surface area contributed by atoms with Gasteiger partial charge >= 0.3 is 0 Å². The number of thiazole rings is 1. The maximum Gasteiger partial charge on any atom is 0.112 e. The Morgan fingerprint density at radius 1 is 1.57 bits per heavy atom. The molecular formula is C11H16N2S. The van der Waals surface area contributed by atoms with Crippen LogP contribution in [0.2, 0.25) is 0 Å². The molecule has 0 saturated heterocycles. The van der Waals surface area contributed by atoms with E-state index in [0.717, 1.165) is 10.7 Å². The van der Waals surface area contributed by atoms with E-state index in [4.69, 9.17) is 0 Å². The molecule has 76 valence electrons. The molecular weight excluding hydrogens is 192 g/mol. The SMILES string of the molecule is CC#CCNC(C)(C)c1nc(C)cs1. The number of aryl methyl sites for hydroxylation is 1. The Morgan fingerprint density at radius 3 is 2.79 bits per heavy atom. The number of hydrogen-bond acceptors (Lipinski definition) is 3. The van der Waals surface area contributed by atoms with Gasteiger partial charge in [0, 0.05) is 11.1 Å².